The van der Waals surface area contributed by atoms with Gasteiger partial charge in [-0.25, -0.2) is 0 Å². The van der Waals surface area contributed by atoms with Crippen LogP contribution < -0.4 is 0 Å². The van der Waals surface area contributed by atoms with Crippen LogP contribution in [-0.2, 0) is 14.3 Å². The summed E-state index contributed by atoms with van der Waals surface area (Å²) < 4.78 is 10.2. The Hall–Kier alpha value is -0.260. The van der Waals surface area contributed by atoms with Crippen molar-refractivity contribution >= 4 is 17.7 Å². The minimum Gasteiger partial charge on any atom is -0.469 e. The molecule has 16 heavy (non-hydrogen) atoms. The molecule has 0 N–H and O–H groups in total. The van der Waals surface area contributed by atoms with Gasteiger partial charge < -0.3 is 9.47 Å². The van der Waals surface area contributed by atoms with E-state index in [1.54, 1.807) is 0 Å². The van der Waals surface area contributed by atoms with Crippen LogP contribution >= 0.6 is 11.8 Å². The van der Waals surface area contributed by atoms with E-state index in [-0.39, 0.29) is 12.1 Å². The summed E-state index contributed by atoms with van der Waals surface area (Å²) in [6, 6.07) is 0. The second-order valence-electron chi connectivity index (χ2n) is 3.77. The molecule has 1 fully saturated rings. The number of carbonyl (C=O) groups is 1. The van der Waals surface area contributed by atoms with Gasteiger partial charge in [0, 0.05) is 25.4 Å². The maximum atomic E-state index is 11.1. The fourth-order valence-electron chi connectivity index (χ4n) is 1.71. The first kappa shape index (κ1) is 13.8. The van der Waals surface area contributed by atoms with Gasteiger partial charge in [-0.3, -0.25) is 9.69 Å². The zero-order valence-electron chi connectivity index (χ0n) is 10.1. The van der Waals surface area contributed by atoms with E-state index in [0.717, 1.165) is 37.7 Å². The number of hydrogen-bond donors (Lipinski definition) is 0. The van der Waals surface area contributed by atoms with E-state index < -0.39 is 0 Å². The van der Waals surface area contributed by atoms with Gasteiger partial charge in [0.05, 0.1) is 26.2 Å². The number of thioether (sulfide) groups is 1. The van der Waals surface area contributed by atoms with Crippen LogP contribution in [0.1, 0.15) is 13.3 Å². The second kappa shape index (κ2) is 7.92. The number of methoxy groups -OCH3 is 1. The van der Waals surface area contributed by atoms with Crippen LogP contribution in [-0.4, -0.2) is 61.8 Å². The van der Waals surface area contributed by atoms with Crippen molar-refractivity contribution in [3.05, 3.63) is 0 Å². The number of morpholine rings is 1. The van der Waals surface area contributed by atoms with Crippen molar-refractivity contribution in [2.75, 3.05) is 44.9 Å². The van der Waals surface area contributed by atoms with Crippen molar-refractivity contribution in [3.8, 4) is 0 Å². The van der Waals surface area contributed by atoms with Crippen LogP contribution in [0.5, 0.6) is 0 Å². The molecule has 1 unspecified atom stereocenters. The van der Waals surface area contributed by atoms with Crippen LogP contribution in [0, 0.1) is 0 Å². The molecule has 0 spiro atoms. The zero-order valence-corrected chi connectivity index (χ0v) is 10.9. The molecule has 0 aliphatic carbocycles. The molecule has 0 saturated carbocycles. The Morgan fingerprint density at radius 1 is 1.62 bits per heavy atom. The Balaban J connectivity index is 2.21. The summed E-state index contributed by atoms with van der Waals surface area (Å²) in [7, 11) is 1.42. The highest BCUT2D eigenvalue weighted by Crippen LogP contribution is 2.10. The van der Waals surface area contributed by atoms with Gasteiger partial charge in [0.1, 0.15) is 0 Å². The van der Waals surface area contributed by atoms with Crippen LogP contribution in [0.25, 0.3) is 0 Å². The lowest BCUT2D eigenvalue weighted by atomic mass is 10.2. The first-order valence-corrected chi connectivity index (χ1v) is 6.90. The third-order valence-electron chi connectivity index (χ3n) is 2.60. The number of rotatable bonds is 6. The van der Waals surface area contributed by atoms with E-state index >= 15 is 0 Å². The van der Waals surface area contributed by atoms with Gasteiger partial charge in [0.15, 0.2) is 0 Å². The lowest BCUT2D eigenvalue weighted by Crippen LogP contribution is -2.44. The molecule has 4 nitrogen and oxygen atoms in total. The Labute approximate surface area is 102 Å². The van der Waals surface area contributed by atoms with Crippen molar-refractivity contribution in [2.45, 2.75) is 19.4 Å². The molecular formula is C11H21NO3S. The van der Waals surface area contributed by atoms with E-state index in [0.29, 0.717) is 6.42 Å². The molecule has 1 aliphatic rings. The van der Waals surface area contributed by atoms with Gasteiger partial charge in [-0.05, 0) is 5.75 Å². The third kappa shape index (κ3) is 5.18. The van der Waals surface area contributed by atoms with Crippen LogP contribution in [0.2, 0.25) is 0 Å². The quantitative estimate of drug-likeness (QED) is 0.517. The van der Waals surface area contributed by atoms with Gasteiger partial charge in [0.2, 0.25) is 0 Å². The SMILES string of the molecule is CCSCCN1CCOC(CC(=O)OC)C1. The molecule has 1 heterocycles. The zero-order chi connectivity index (χ0) is 11.8. The first-order chi connectivity index (χ1) is 7.76. The lowest BCUT2D eigenvalue weighted by molar-refractivity contribution is -0.145. The summed E-state index contributed by atoms with van der Waals surface area (Å²) in [5.74, 6) is 2.13. The van der Waals surface area contributed by atoms with E-state index in [4.69, 9.17) is 4.74 Å². The van der Waals surface area contributed by atoms with Crippen molar-refractivity contribution in [2.24, 2.45) is 0 Å². The summed E-state index contributed by atoms with van der Waals surface area (Å²) >= 11 is 1.95. The van der Waals surface area contributed by atoms with Crippen molar-refractivity contribution in [3.63, 3.8) is 0 Å². The monoisotopic (exact) mass is 247 g/mol. The summed E-state index contributed by atoms with van der Waals surface area (Å²) in [5, 5.41) is 0. The highest BCUT2D eigenvalue weighted by atomic mass is 32.2. The molecule has 0 aromatic heterocycles. The molecule has 1 aliphatic heterocycles. The Morgan fingerprint density at radius 2 is 2.44 bits per heavy atom. The fraction of sp³-hybridized carbons (Fsp3) is 0.909. The first-order valence-electron chi connectivity index (χ1n) is 5.74. The molecule has 0 aromatic rings. The minimum atomic E-state index is -0.185. The van der Waals surface area contributed by atoms with Crippen molar-refractivity contribution < 1.29 is 14.3 Å². The maximum absolute atomic E-state index is 11.1. The Bertz CT molecular complexity index is 213. The number of hydrogen-bond acceptors (Lipinski definition) is 5. The van der Waals surface area contributed by atoms with E-state index in [1.807, 2.05) is 11.8 Å². The number of nitrogens with zero attached hydrogens (tertiary/aromatic N) is 1. The van der Waals surface area contributed by atoms with Gasteiger partial charge in [-0.1, -0.05) is 6.92 Å². The average molecular weight is 247 g/mol. The summed E-state index contributed by atoms with van der Waals surface area (Å²) in [6.45, 7) is 5.79. The number of carbonyl (C=O) groups excluding carboxylic acids is 1. The van der Waals surface area contributed by atoms with E-state index in [9.17, 15) is 4.79 Å². The normalized spacial score (nSPS) is 22.0. The summed E-state index contributed by atoms with van der Waals surface area (Å²) in [6.07, 6.45) is 0.376. The van der Waals surface area contributed by atoms with Gasteiger partial charge in [-0.2, -0.15) is 11.8 Å². The molecular weight excluding hydrogens is 226 g/mol. The maximum Gasteiger partial charge on any atom is 0.308 e. The van der Waals surface area contributed by atoms with Crippen LogP contribution in [0.15, 0.2) is 0 Å². The highest BCUT2D eigenvalue weighted by Gasteiger charge is 2.22. The number of ether oxygens (including phenoxy) is 2. The van der Waals surface area contributed by atoms with Crippen molar-refractivity contribution in [1.82, 2.24) is 4.90 Å². The minimum absolute atomic E-state index is 0.00725. The molecule has 1 atom stereocenters. The molecule has 0 radical (unpaired) electrons. The smallest absolute Gasteiger partial charge is 0.308 e. The topological polar surface area (TPSA) is 38.8 Å². The van der Waals surface area contributed by atoms with Crippen molar-refractivity contribution in [1.29, 1.82) is 0 Å². The highest BCUT2D eigenvalue weighted by molar-refractivity contribution is 7.99. The van der Waals surface area contributed by atoms with Crippen LogP contribution in [0.3, 0.4) is 0 Å². The average Bonchev–Trinajstić information content (AvgIpc) is 2.30. The standard InChI is InChI=1S/C11H21NO3S/c1-3-16-7-5-12-4-6-15-10(9-12)8-11(13)14-2/h10H,3-9H2,1-2H3. The molecule has 0 aromatic carbocycles. The molecule has 0 bridgehead atoms. The molecule has 1 saturated heterocycles. The summed E-state index contributed by atoms with van der Waals surface area (Å²) in [5.41, 5.74) is 0. The molecule has 1 rings (SSSR count). The van der Waals surface area contributed by atoms with Gasteiger partial charge in [-0.15, -0.1) is 0 Å². The van der Waals surface area contributed by atoms with E-state index in [2.05, 4.69) is 16.6 Å². The largest absolute Gasteiger partial charge is 0.469 e. The third-order valence-corrected chi connectivity index (χ3v) is 3.48. The lowest BCUT2D eigenvalue weighted by Gasteiger charge is -2.32. The summed E-state index contributed by atoms with van der Waals surface area (Å²) in [4.78, 5) is 13.5. The number of esters is 1. The predicted molar refractivity (Wildman–Crippen MR) is 65.8 cm³/mol. The predicted octanol–water partition coefficient (Wildman–Crippen LogP) is 1.00. The molecule has 94 valence electrons. The second-order valence-corrected chi connectivity index (χ2v) is 5.16. The fourth-order valence-corrected chi connectivity index (χ4v) is 2.39. The van der Waals surface area contributed by atoms with E-state index in [1.165, 1.54) is 7.11 Å². The van der Waals surface area contributed by atoms with Gasteiger partial charge >= 0.3 is 5.97 Å². The Kier molecular flexibility index (Phi) is 6.84. The molecule has 0 amide bonds. The Morgan fingerprint density at radius 3 is 3.12 bits per heavy atom. The molecule has 5 heteroatoms. The van der Waals surface area contributed by atoms with Gasteiger partial charge in [0.25, 0.3) is 0 Å². The van der Waals surface area contributed by atoms with Crippen LogP contribution in [0.4, 0.5) is 0 Å².